The summed E-state index contributed by atoms with van der Waals surface area (Å²) in [6.07, 6.45) is 1.16. The van der Waals surface area contributed by atoms with E-state index < -0.39 is 11.6 Å². The van der Waals surface area contributed by atoms with Crippen LogP contribution in [0.1, 0.15) is 56.3 Å². The lowest BCUT2D eigenvalue weighted by atomic mass is 9.75. The van der Waals surface area contributed by atoms with Gasteiger partial charge in [-0.15, -0.1) is 0 Å². The van der Waals surface area contributed by atoms with Gasteiger partial charge >= 0.3 is 0 Å². The fourth-order valence-electron chi connectivity index (χ4n) is 4.22. The molecule has 3 N–H and O–H groups in total. The van der Waals surface area contributed by atoms with Crippen molar-refractivity contribution in [3.63, 3.8) is 0 Å². The van der Waals surface area contributed by atoms with Crippen molar-refractivity contribution in [3.05, 3.63) is 51.6 Å². The molecule has 2 aromatic carbocycles. The van der Waals surface area contributed by atoms with Crippen molar-refractivity contribution in [1.29, 1.82) is 0 Å². The molecule has 0 heterocycles. The zero-order valence-corrected chi connectivity index (χ0v) is 15.0. The number of ketones is 3. The second kappa shape index (κ2) is 5.94. The van der Waals surface area contributed by atoms with E-state index in [9.17, 15) is 24.6 Å². The summed E-state index contributed by atoms with van der Waals surface area (Å²) in [5.41, 5.74) is 1.42. The smallest absolute Gasteiger partial charge is 0.200 e. The summed E-state index contributed by atoms with van der Waals surface area (Å²) in [6.45, 7) is 1.50. The zero-order chi connectivity index (χ0) is 19.5. The Balaban J connectivity index is 1.99. The van der Waals surface area contributed by atoms with Crippen molar-refractivity contribution in [2.24, 2.45) is 5.92 Å². The minimum Gasteiger partial charge on any atom is -0.507 e. The van der Waals surface area contributed by atoms with Crippen molar-refractivity contribution in [3.8, 4) is 11.5 Å². The van der Waals surface area contributed by atoms with Crippen LogP contribution in [-0.4, -0.2) is 34.6 Å². The highest BCUT2D eigenvalue weighted by Crippen LogP contribution is 2.47. The number of benzene rings is 2. The van der Waals surface area contributed by atoms with E-state index in [0.29, 0.717) is 29.7 Å². The van der Waals surface area contributed by atoms with Crippen LogP contribution in [0.25, 0.3) is 0 Å². The van der Waals surface area contributed by atoms with Gasteiger partial charge in [-0.3, -0.25) is 14.4 Å². The van der Waals surface area contributed by atoms with Crippen LogP contribution in [0.15, 0.2) is 18.2 Å². The lowest BCUT2D eigenvalue weighted by Crippen LogP contribution is -2.26. The SMILES string of the molecule is CNc1cccc2c1C(=O)c1c(O)c3c(c(O)c1C2=O)CC(C(C)=O)CC3. The molecule has 0 bridgehead atoms. The van der Waals surface area contributed by atoms with Gasteiger partial charge in [0.15, 0.2) is 11.6 Å². The van der Waals surface area contributed by atoms with Gasteiger partial charge in [-0.2, -0.15) is 0 Å². The fraction of sp³-hybridized carbons (Fsp3) is 0.286. The van der Waals surface area contributed by atoms with Gasteiger partial charge in [-0.1, -0.05) is 12.1 Å². The van der Waals surface area contributed by atoms with Gasteiger partial charge in [-0.05, 0) is 32.3 Å². The second-order valence-corrected chi connectivity index (χ2v) is 7.09. The van der Waals surface area contributed by atoms with Crippen molar-refractivity contribution in [1.82, 2.24) is 0 Å². The number of aromatic hydroxyl groups is 2. The summed E-state index contributed by atoms with van der Waals surface area (Å²) in [5, 5.41) is 24.5. The minimum absolute atomic E-state index is 0.00340. The molecule has 0 aliphatic heterocycles. The lowest BCUT2D eigenvalue weighted by molar-refractivity contribution is -0.121. The highest BCUT2D eigenvalue weighted by molar-refractivity contribution is 6.32. The molecule has 1 unspecified atom stereocenters. The van der Waals surface area contributed by atoms with Crippen molar-refractivity contribution < 1.29 is 24.6 Å². The zero-order valence-electron chi connectivity index (χ0n) is 15.0. The van der Waals surface area contributed by atoms with Crippen LogP contribution in [0, 0.1) is 5.92 Å². The van der Waals surface area contributed by atoms with E-state index in [0.717, 1.165) is 0 Å². The first kappa shape index (κ1) is 17.3. The summed E-state index contributed by atoms with van der Waals surface area (Å²) >= 11 is 0. The maximum Gasteiger partial charge on any atom is 0.200 e. The van der Waals surface area contributed by atoms with Crippen LogP contribution < -0.4 is 5.32 Å². The third kappa shape index (κ3) is 2.29. The monoisotopic (exact) mass is 365 g/mol. The van der Waals surface area contributed by atoms with E-state index in [1.165, 1.54) is 13.0 Å². The Morgan fingerprint density at radius 2 is 1.70 bits per heavy atom. The minimum atomic E-state index is -0.503. The first-order valence-electron chi connectivity index (χ1n) is 8.87. The van der Waals surface area contributed by atoms with Crippen molar-refractivity contribution in [2.75, 3.05) is 12.4 Å². The Morgan fingerprint density at radius 1 is 1.04 bits per heavy atom. The third-order valence-corrected chi connectivity index (χ3v) is 5.69. The lowest BCUT2D eigenvalue weighted by Gasteiger charge is -2.29. The van der Waals surface area contributed by atoms with E-state index in [-0.39, 0.29) is 51.9 Å². The molecule has 0 aromatic heterocycles. The largest absolute Gasteiger partial charge is 0.507 e. The van der Waals surface area contributed by atoms with E-state index in [4.69, 9.17) is 0 Å². The number of fused-ring (bicyclic) bond motifs is 3. The predicted molar refractivity (Wildman–Crippen MR) is 98.8 cm³/mol. The first-order valence-corrected chi connectivity index (χ1v) is 8.87. The van der Waals surface area contributed by atoms with Crippen LogP contribution in [-0.2, 0) is 17.6 Å². The van der Waals surface area contributed by atoms with Gasteiger partial charge < -0.3 is 15.5 Å². The summed E-state index contributed by atoms with van der Waals surface area (Å²) in [4.78, 5) is 38.0. The van der Waals surface area contributed by atoms with E-state index in [1.807, 2.05) is 0 Å². The van der Waals surface area contributed by atoms with Gasteiger partial charge in [0.1, 0.15) is 17.3 Å². The molecule has 0 spiro atoms. The van der Waals surface area contributed by atoms with Gasteiger partial charge in [0.05, 0.1) is 16.7 Å². The number of Topliss-reactive ketones (excluding diaryl/α,β-unsaturated/α-hetero) is 1. The molecule has 1 atom stereocenters. The Bertz CT molecular complexity index is 1040. The van der Waals surface area contributed by atoms with Crippen LogP contribution in [0.2, 0.25) is 0 Å². The number of hydrogen-bond donors (Lipinski definition) is 3. The molecular weight excluding hydrogens is 346 g/mol. The molecule has 0 fully saturated rings. The predicted octanol–water partition coefficient (Wildman–Crippen LogP) is 2.61. The second-order valence-electron chi connectivity index (χ2n) is 7.09. The molecule has 27 heavy (non-hydrogen) atoms. The molecule has 0 saturated carbocycles. The molecule has 6 heteroatoms. The average molecular weight is 365 g/mol. The molecule has 2 aliphatic rings. The van der Waals surface area contributed by atoms with Gasteiger partial charge in [0.2, 0.25) is 0 Å². The number of phenolic OH excluding ortho intramolecular Hbond substituents is 2. The highest BCUT2D eigenvalue weighted by Gasteiger charge is 2.40. The van der Waals surface area contributed by atoms with E-state index in [2.05, 4.69) is 5.32 Å². The first-order chi connectivity index (χ1) is 12.9. The fourth-order valence-corrected chi connectivity index (χ4v) is 4.22. The number of nitrogens with one attached hydrogen (secondary N) is 1. The maximum absolute atomic E-state index is 13.1. The number of phenols is 2. The highest BCUT2D eigenvalue weighted by atomic mass is 16.3. The third-order valence-electron chi connectivity index (χ3n) is 5.69. The standard InChI is InChI=1S/C21H19NO5/c1-9(23)10-6-7-11-13(8-10)20(26)16-17(18(11)24)21(27)15-12(19(16)25)4-3-5-14(15)22-2/h3-5,10,22,24,26H,6-8H2,1-2H3. The molecular formula is C21H19NO5. The molecule has 4 rings (SSSR count). The maximum atomic E-state index is 13.1. The van der Waals surface area contributed by atoms with Gasteiger partial charge in [-0.25, -0.2) is 0 Å². The Morgan fingerprint density at radius 3 is 2.37 bits per heavy atom. The number of anilines is 1. The molecule has 0 amide bonds. The number of carbonyl (C=O) groups is 3. The number of hydrogen-bond acceptors (Lipinski definition) is 6. The Kier molecular flexibility index (Phi) is 3.80. The van der Waals surface area contributed by atoms with E-state index >= 15 is 0 Å². The van der Waals surface area contributed by atoms with Crippen LogP contribution in [0.4, 0.5) is 5.69 Å². The van der Waals surface area contributed by atoms with Gasteiger partial charge in [0.25, 0.3) is 0 Å². The van der Waals surface area contributed by atoms with Gasteiger partial charge in [0, 0.05) is 35.3 Å². The summed E-state index contributed by atoms with van der Waals surface area (Å²) in [7, 11) is 1.65. The molecule has 6 nitrogen and oxygen atoms in total. The summed E-state index contributed by atoms with van der Waals surface area (Å²) < 4.78 is 0. The van der Waals surface area contributed by atoms with Crippen molar-refractivity contribution in [2.45, 2.75) is 26.2 Å². The molecule has 0 saturated heterocycles. The molecule has 2 aromatic rings. The Hall–Kier alpha value is -3.15. The molecule has 2 aliphatic carbocycles. The Labute approximate surface area is 155 Å². The van der Waals surface area contributed by atoms with Crippen LogP contribution in [0.5, 0.6) is 11.5 Å². The van der Waals surface area contributed by atoms with E-state index in [1.54, 1.807) is 19.2 Å². The average Bonchev–Trinajstić information content (AvgIpc) is 2.67. The topological polar surface area (TPSA) is 104 Å². The van der Waals surface area contributed by atoms with Crippen LogP contribution >= 0.6 is 0 Å². The summed E-state index contributed by atoms with van der Waals surface area (Å²) in [5.74, 6) is -1.80. The number of carbonyl (C=O) groups excluding carboxylic acids is 3. The quantitative estimate of drug-likeness (QED) is 0.603. The molecule has 138 valence electrons. The normalized spacial score (nSPS) is 17.8. The number of rotatable bonds is 2. The van der Waals surface area contributed by atoms with Crippen LogP contribution in [0.3, 0.4) is 0 Å². The molecule has 0 radical (unpaired) electrons. The summed E-state index contributed by atoms with van der Waals surface area (Å²) in [6, 6.07) is 4.87. The van der Waals surface area contributed by atoms with Crippen molar-refractivity contribution >= 4 is 23.0 Å².